The third-order valence-electron chi connectivity index (χ3n) is 5.87. The molecule has 0 bridgehead atoms. The second-order valence-electron chi connectivity index (χ2n) is 7.13. The first-order valence-electron chi connectivity index (χ1n) is 8.21. The van der Waals surface area contributed by atoms with E-state index in [9.17, 15) is 0 Å². The summed E-state index contributed by atoms with van der Waals surface area (Å²) < 4.78 is 0. The maximum Gasteiger partial charge on any atom is 0.0496 e. The summed E-state index contributed by atoms with van der Waals surface area (Å²) in [5, 5.41) is 3.79. The third kappa shape index (κ3) is 2.58. The molecule has 2 saturated carbocycles. The predicted octanol–water partition coefficient (Wildman–Crippen LogP) is 4.24. The van der Waals surface area contributed by atoms with Crippen molar-refractivity contribution in [3.8, 4) is 0 Å². The molecule has 0 heterocycles. The molecule has 110 valence electrons. The predicted molar refractivity (Wildman–Crippen MR) is 86.0 cm³/mol. The summed E-state index contributed by atoms with van der Waals surface area (Å²) >= 11 is 0. The molecule has 0 aromatic heterocycles. The fourth-order valence-electron chi connectivity index (χ4n) is 4.26. The Kier molecular flexibility index (Phi) is 3.76. The first-order valence-corrected chi connectivity index (χ1v) is 8.21. The highest BCUT2D eigenvalue weighted by molar-refractivity contribution is 5.52. The summed E-state index contributed by atoms with van der Waals surface area (Å²) in [4.78, 5) is 0. The van der Waals surface area contributed by atoms with Crippen molar-refractivity contribution in [3.05, 3.63) is 29.8 Å². The van der Waals surface area contributed by atoms with Gasteiger partial charge < -0.3 is 11.1 Å². The summed E-state index contributed by atoms with van der Waals surface area (Å²) in [5.41, 5.74) is 9.54. The van der Waals surface area contributed by atoms with E-state index in [2.05, 4.69) is 36.5 Å². The fraction of sp³-hybridized carbons (Fsp3) is 0.667. The lowest BCUT2D eigenvalue weighted by Gasteiger charge is -2.46. The normalized spacial score (nSPS) is 23.9. The number of benzene rings is 1. The van der Waals surface area contributed by atoms with Crippen molar-refractivity contribution in [1.82, 2.24) is 0 Å². The maximum atomic E-state index is 6.16. The lowest BCUT2D eigenvalue weighted by atomic mass is 9.66. The minimum atomic E-state index is 0.125. The van der Waals surface area contributed by atoms with Crippen LogP contribution in [0, 0.1) is 12.3 Å². The first kappa shape index (κ1) is 13.9. The van der Waals surface area contributed by atoms with Crippen molar-refractivity contribution < 1.29 is 0 Å². The van der Waals surface area contributed by atoms with E-state index in [1.807, 2.05) is 0 Å². The van der Waals surface area contributed by atoms with Gasteiger partial charge in [0, 0.05) is 17.8 Å². The molecule has 0 amide bonds. The van der Waals surface area contributed by atoms with Crippen LogP contribution >= 0.6 is 0 Å². The van der Waals surface area contributed by atoms with Gasteiger partial charge in [0.2, 0.25) is 0 Å². The summed E-state index contributed by atoms with van der Waals surface area (Å²) in [6.07, 6.45) is 11.0. The summed E-state index contributed by atoms with van der Waals surface area (Å²) in [6, 6.07) is 8.57. The average molecular weight is 272 g/mol. The fourth-order valence-corrected chi connectivity index (χ4v) is 4.26. The van der Waals surface area contributed by atoms with Gasteiger partial charge in [0.25, 0.3) is 0 Å². The Morgan fingerprint density at radius 1 is 1.00 bits per heavy atom. The van der Waals surface area contributed by atoms with Crippen LogP contribution in [0.3, 0.4) is 0 Å². The molecule has 1 aromatic rings. The lowest BCUT2D eigenvalue weighted by Crippen LogP contribution is -2.50. The second-order valence-corrected chi connectivity index (χ2v) is 7.13. The van der Waals surface area contributed by atoms with Gasteiger partial charge in [-0.05, 0) is 62.5 Å². The van der Waals surface area contributed by atoms with Gasteiger partial charge in [0.1, 0.15) is 0 Å². The second kappa shape index (κ2) is 5.40. The minimum absolute atomic E-state index is 0.125. The summed E-state index contributed by atoms with van der Waals surface area (Å²) in [7, 11) is 0. The van der Waals surface area contributed by atoms with Gasteiger partial charge >= 0.3 is 0 Å². The van der Waals surface area contributed by atoms with Gasteiger partial charge in [-0.25, -0.2) is 0 Å². The number of rotatable bonds is 3. The van der Waals surface area contributed by atoms with Crippen LogP contribution in [0.15, 0.2) is 24.3 Å². The van der Waals surface area contributed by atoms with Gasteiger partial charge in [-0.15, -0.1) is 0 Å². The molecule has 2 nitrogen and oxygen atoms in total. The monoisotopic (exact) mass is 272 g/mol. The van der Waals surface area contributed by atoms with E-state index < -0.39 is 0 Å². The minimum Gasteiger partial charge on any atom is -0.378 e. The number of nitrogens with one attached hydrogen (secondary N) is 1. The highest BCUT2D eigenvalue weighted by Crippen LogP contribution is 2.51. The average Bonchev–Trinajstić information content (AvgIpc) is 2.93. The van der Waals surface area contributed by atoms with Crippen LogP contribution in [0.5, 0.6) is 0 Å². The molecule has 0 radical (unpaired) electrons. The van der Waals surface area contributed by atoms with Crippen LogP contribution in [0.2, 0.25) is 0 Å². The third-order valence-corrected chi connectivity index (χ3v) is 5.87. The van der Waals surface area contributed by atoms with Gasteiger partial charge in [-0.2, -0.15) is 0 Å². The molecule has 3 N–H and O–H groups in total. The van der Waals surface area contributed by atoms with Crippen molar-refractivity contribution in [1.29, 1.82) is 0 Å². The van der Waals surface area contributed by atoms with Crippen LogP contribution in [-0.4, -0.2) is 12.1 Å². The van der Waals surface area contributed by atoms with E-state index in [4.69, 9.17) is 5.73 Å². The van der Waals surface area contributed by atoms with Crippen LogP contribution in [0.1, 0.15) is 56.9 Å². The molecule has 0 atom stereocenters. The maximum absolute atomic E-state index is 6.16. The van der Waals surface area contributed by atoms with Crippen molar-refractivity contribution in [3.63, 3.8) is 0 Å². The molecule has 0 saturated heterocycles. The molecule has 2 fully saturated rings. The van der Waals surface area contributed by atoms with Crippen molar-refractivity contribution >= 4 is 5.69 Å². The molecular formula is C18H28N2. The smallest absolute Gasteiger partial charge is 0.0496 e. The van der Waals surface area contributed by atoms with Gasteiger partial charge in [0.05, 0.1) is 0 Å². The number of nitrogens with two attached hydrogens (primary N) is 1. The Morgan fingerprint density at radius 2 is 1.65 bits per heavy atom. The Hall–Kier alpha value is -1.02. The van der Waals surface area contributed by atoms with Gasteiger partial charge in [0.15, 0.2) is 0 Å². The molecule has 3 rings (SSSR count). The molecule has 0 aliphatic heterocycles. The largest absolute Gasteiger partial charge is 0.378 e. The molecule has 2 aliphatic rings. The van der Waals surface area contributed by atoms with Crippen molar-refractivity contribution in [2.45, 2.75) is 63.8 Å². The number of aryl methyl sites for hydroxylation is 1. The highest BCUT2D eigenvalue weighted by atomic mass is 15.0. The summed E-state index contributed by atoms with van der Waals surface area (Å²) in [6.45, 7) is 2.92. The van der Waals surface area contributed by atoms with Crippen LogP contribution in [0.4, 0.5) is 5.69 Å². The quantitative estimate of drug-likeness (QED) is 0.863. The van der Waals surface area contributed by atoms with Crippen molar-refractivity contribution in [2.75, 3.05) is 11.9 Å². The molecule has 1 spiro atoms. The number of hydrogen-bond acceptors (Lipinski definition) is 2. The van der Waals surface area contributed by atoms with E-state index in [-0.39, 0.29) is 5.54 Å². The highest BCUT2D eigenvalue weighted by Gasteiger charge is 2.43. The van der Waals surface area contributed by atoms with E-state index in [1.54, 1.807) is 0 Å². The van der Waals surface area contributed by atoms with Crippen LogP contribution < -0.4 is 11.1 Å². The zero-order valence-corrected chi connectivity index (χ0v) is 12.8. The lowest BCUT2D eigenvalue weighted by molar-refractivity contribution is 0.148. The number of hydrogen-bond donors (Lipinski definition) is 2. The van der Waals surface area contributed by atoms with E-state index in [0.717, 1.165) is 6.54 Å². The number of anilines is 1. The number of para-hydroxylation sites is 1. The Labute approximate surface area is 123 Å². The topological polar surface area (TPSA) is 38.0 Å². The van der Waals surface area contributed by atoms with Gasteiger partial charge in [-0.1, -0.05) is 31.0 Å². The molecule has 20 heavy (non-hydrogen) atoms. The van der Waals surface area contributed by atoms with Gasteiger partial charge in [-0.3, -0.25) is 0 Å². The van der Waals surface area contributed by atoms with Crippen LogP contribution in [0.25, 0.3) is 0 Å². The molecule has 2 heteroatoms. The van der Waals surface area contributed by atoms with E-state index >= 15 is 0 Å². The van der Waals surface area contributed by atoms with Crippen LogP contribution in [-0.2, 0) is 0 Å². The standard InChI is InChI=1S/C18H28N2/c1-15-6-2-3-7-16(15)20-18(14-19)12-10-17(11-13-18)8-4-5-9-17/h2-3,6-7,20H,4-5,8-14,19H2,1H3. The molecule has 2 aliphatic carbocycles. The Bertz CT molecular complexity index is 450. The van der Waals surface area contributed by atoms with E-state index in [1.165, 1.54) is 62.6 Å². The SMILES string of the molecule is Cc1ccccc1NC1(CN)CCC2(CCCC2)CC1. The molecule has 0 unspecified atom stereocenters. The Morgan fingerprint density at radius 3 is 2.25 bits per heavy atom. The molecular weight excluding hydrogens is 244 g/mol. The van der Waals surface area contributed by atoms with Crippen molar-refractivity contribution in [2.24, 2.45) is 11.1 Å². The zero-order valence-electron chi connectivity index (χ0n) is 12.8. The Balaban J connectivity index is 1.72. The first-order chi connectivity index (χ1) is 9.67. The zero-order chi connectivity index (χ0) is 14.1. The summed E-state index contributed by atoms with van der Waals surface area (Å²) in [5.74, 6) is 0. The molecule has 1 aromatic carbocycles. The van der Waals surface area contributed by atoms with E-state index in [0.29, 0.717) is 5.41 Å².